The number of rotatable bonds is 4. The molecule has 0 bridgehead atoms. The SMILES string of the molecule is CC(C)(C)OC(=O)N1CCC(C(=O)Nc2ccccc2C(=O)Nc2ccc(Cl)cn2)CC1. The van der Waals surface area contributed by atoms with Crippen LogP contribution in [-0.4, -0.2) is 46.5 Å². The maximum atomic E-state index is 12.8. The average Bonchev–Trinajstić information content (AvgIpc) is 2.74. The largest absolute Gasteiger partial charge is 0.444 e. The molecule has 0 atom stereocenters. The number of benzene rings is 1. The van der Waals surface area contributed by atoms with E-state index in [4.69, 9.17) is 16.3 Å². The number of halogens is 1. The Morgan fingerprint density at radius 2 is 1.75 bits per heavy atom. The van der Waals surface area contributed by atoms with E-state index < -0.39 is 11.5 Å². The van der Waals surface area contributed by atoms with Crippen LogP contribution in [0.2, 0.25) is 5.02 Å². The third-order valence-electron chi connectivity index (χ3n) is 4.92. The van der Waals surface area contributed by atoms with Crippen LogP contribution in [0.1, 0.15) is 44.0 Å². The first-order chi connectivity index (χ1) is 15.1. The predicted octanol–water partition coefficient (Wildman–Crippen LogP) is 4.57. The lowest BCUT2D eigenvalue weighted by molar-refractivity contribution is -0.121. The molecule has 1 aliphatic rings. The zero-order chi connectivity index (χ0) is 23.3. The smallest absolute Gasteiger partial charge is 0.410 e. The van der Waals surface area contributed by atoms with Gasteiger partial charge in [-0.1, -0.05) is 23.7 Å². The number of piperidine rings is 1. The summed E-state index contributed by atoms with van der Waals surface area (Å²) in [7, 11) is 0. The molecule has 0 saturated carbocycles. The third kappa shape index (κ3) is 6.43. The monoisotopic (exact) mass is 458 g/mol. The van der Waals surface area contributed by atoms with E-state index in [1.54, 1.807) is 41.3 Å². The van der Waals surface area contributed by atoms with Gasteiger partial charge in [0, 0.05) is 25.2 Å². The summed E-state index contributed by atoms with van der Waals surface area (Å²) in [5, 5.41) is 6.03. The van der Waals surface area contributed by atoms with E-state index in [-0.39, 0.29) is 17.9 Å². The second-order valence-electron chi connectivity index (χ2n) is 8.59. The summed E-state index contributed by atoms with van der Waals surface area (Å²) in [6.07, 6.45) is 2.12. The van der Waals surface area contributed by atoms with Crippen molar-refractivity contribution in [2.75, 3.05) is 23.7 Å². The van der Waals surface area contributed by atoms with Crippen molar-refractivity contribution in [1.29, 1.82) is 0 Å². The Morgan fingerprint density at radius 3 is 2.38 bits per heavy atom. The van der Waals surface area contributed by atoms with Crippen molar-refractivity contribution in [2.24, 2.45) is 5.92 Å². The first-order valence-electron chi connectivity index (χ1n) is 10.4. The first-order valence-corrected chi connectivity index (χ1v) is 10.8. The Labute approximate surface area is 192 Å². The van der Waals surface area contributed by atoms with Crippen LogP contribution in [0.5, 0.6) is 0 Å². The lowest BCUT2D eigenvalue weighted by atomic mass is 9.96. The summed E-state index contributed by atoms with van der Waals surface area (Å²) < 4.78 is 5.40. The van der Waals surface area contributed by atoms with E-state index in [2.05, 4.69) is 15.6 Å². The van der Waals surface area contributed by atoms with Crippen molar-refractivity contribution in [3.05, 3.63) is 53.2 Å². The molecule has 1 aliphatic heterocycles. The van der Waals surface area contributed by atoms with E-state index in [0.29, 0.717) is 48.0 Å². The third-order valence-corrected chi connectivity index (χ3v) is 5.14. The number of hydrogen-bond acceptors (Lipinski definition) is 5. The van der Waals surface area contributed by atoms with Gasteiger partial charge in [-0.25, -0.2) is 9.78 Å². The summed E-state index contributed by atoms with van der Waals surface area (Å²) in [5.74, 6) is -0.480. The average molecular weight is 459 g/mol. The fraction of sp³-hybridized carbons (Fsp3) is 0.391. The molecule has 2 N–H and O–H groups in total. The molecule has 1 saturated heterocycles. The summed E-state index contributed by atoms with van der Waals surface area (Å²) in [4.78, 5) is 43.4. The summed E-state index contributed by atoms with van der Waals surface area (Å²) in [6.45, 7) is 6.35. The molecule has 0 unspecified atom stereocenters. The molecule has 9 heteroatoms. The normalized spacial score (nSPS) is 14.6. The van der Waals surface area contributed by atoms with Gasteiger partial charge in [0.2, 0.25) is 5.91 Å². The molecule has 0 aliphatic carbocycles. The van der Waals surface area contributed by atoms with Crippen LogP contribution < -0.4 is 10.6 Å². The maximum Gasteiger partial charge on any atom is 0.410 e. The van der Waals surface area contributed by atoms with Crippen LogP contribution in [0.15, 0.2) is 42.6 Å². The minimum absolute atomic E-state index is 0.182. The van der Waals surface area contributed by atoms with Crippen LogP contribution in [0.25, 0.3) is 0 Å². The molecule has 2 aromatic rings. The van der Waals surface area contributed by atoms with E-state index in [0.717, 1.165) is 0 Å². The molecule has 170 valence electrons. The molecular formula is C23H27ClN4O4. The zero-order valence-electron chi connectivity index (χ0n) is 18.4. The van der Waals surface area contributed by atoms with Crippen LogP contribution in [0.4, 0.5) is 16.3 Å². The number of carbonyl (C=O) groups is 3. The van der Waals surface area contributed by atoms with Gasteiger partial charge in [0.25, 0.3) is 5.91 Å². The van der Waals surface area contributed by atoms with Gasteiger partial charge in [0.15, 0.2) is 0 Å². The first kappa shape index (κ1) is 23.5. The molecule has 1 aromatic heterocycles. The molecule has 1 fully saturated rings. The van der Waals surface area contributed by atoms with Crippen LogP contribution in [-0.2, 0) is 9.53 Å². The van der Waals surface area contributed by atoms with Crippen molar-refractivity contribution in [3.63, 3.8) is 0 Å². The van der Waals surface area contributed by atoms with Gasteiger partial charge in [0.1, 0.15) is 11.4 Å². The van der Waals surface area contributed by atoms with E-state index >= 15 is 0 Å². The maximum absolute atomic E-state index is 12.8. The number of aromatic nitrogens is 1. The second kappa shape index (κ2) is 9.99. The van der Waals surface area contributed by atoms with E-state index in [1.165, 1.54) is 6.20 Å². The molecule has 1 aromatic carbocycles. The van der Waals surface area contributed by atoms with E-state index in [1.807, 2.05) is 20.8 Å². The quantitative estimate of drug-likeness (QED) is 0.698. The molecular weight excluding hydrogens is 432 g/mol. The van der Waals surface area contributed by atoms with Gasteiger partial charge in [-0.05, 0) is 57.9 Å². The molecule has 2 heterocycles. The zero-order valence-corrected chi connectivity index (χ0v) is 19.1. The van der Waals surface area contributed by atoms with Crippen LogP contribution >= 0.6 is 11.6 Å². The predicted molar refractivity (Wildman–Crippen MR) is 123 cm³/mol. The van der Waals surface area contributed by atoms with Crippen molar-refractivity contribution in [1.82, 2.24) is 9.88 Å². The number of amides is 3. The number of nitrogens with one attached hydrogen (secondary N) is 2. The topological polar surface area (TPSA) is 101 Å². The van der Waals surface area contributed by atoms with E-state index in [9.17, 15) is 14.4 Å². The van der Waals surface area contributed by atoms with Crippen molar-refractivity contribution < 1.29 is 19.1 Å². The number of anilines is 2. The highest BCUT2D eigenvalue weighted by molar-refractivity contribution is 6.30. The molecule has 32 heavy (non-hydrogen) atoms. The van der Waals surface area contributed by atoms with Gasteiger partial charge in [-0.2, -0.15) is 0 Å². The lowest BCUT2D eigenvalue weighted by Gasteiger charge is -2.33. The standard InChI is InChI=1S/C23H27ClN4O4/c1-23(2,3)32-22(31)28-12-10-15(11-13-28)20(29)26-18-7-5-4-6-17(18)21(30)27-19-9-8-16(24)14-25-19/h4-9,14-15H,10-13H2,1-3H3,(H,26,29)(H,25,27,30). The van der Waals surface area contributed by atoms with Gasteiger partial charge < -0.3 is 20.3 Å². The molecule has 3 rings (SSSR count). The van der Waals surface area contributed by atoms with Crippen LogP contribution in [0, 0.1) is 5.92 Å². The highest BCUT2D eigenvalue weighted by atomic mass is 35.5. The van der Waals surface area contributed by atoms with Gasteiger partial charge in [0.05, 0.1) is 16.3 Å². The van der Waals surface area contributed by atoms with Gasteiger partial charge >= 0.3 is 6.09 Å². The summed E-state index contributed by atoms with van der Waals surface area (Å²) >= 11 is 5.82. The number of nitrogens with zero attached hydrogens (tertiary/aromatic N) is 2. The van der Waals surface area contributed by atoms with Crippen molar-refractivity contribution in [2.45, 2.75) is 39.2 Å². The number of likely N-dealkylation sites (tertiary alicyclic amines) is 1. The fourth-order valence-corrected chi connectivity index (χ4v) is 3.42. The Balaban J connectivity index is 1.60. The van der Waals surface area contributed by atoms with Crippen molar-refractivity contribution in [3.8, 4) is 0 Å². The molecule has 0 radical (unpaired) electrons. The minimum atomic E-state index is -0.558. The van der Waals surface area contributed by atoms with Crippen molar-refractivity contribution >= 4 is 41.0 Å². The number of ether oxygens (including phenoxy) is 1. The molecule has 8 nitrogen and oxygen atoms in total. The number of carbonyl (C=O) groups excluding carboxylic acids is 3. The Kier molecular flexibility index (Phi) is 7.35. The fourth-order valence-electron chi connectivity index (χ4n) is 3.31. The molecule has 0 spiro atoms. The highest BCUT2D eigenvalue weighted by Crippen LogP contribution is 2.23. The Bertz CT molecular complexity index is 980. The highest BCUT2D eigenvalue weighted by Gasteiger charge is 2.30. The Hall–Kier alpha value is -3.13. The molecule has 3 amide bonds. The number of hydrogen-bond donors (Lipinski definition) is 2. The minimum Gasteiger partial charge on any atom is -0.444 e. The Morgan fingerprint density at radius 1 is 1.06 bits per heavy atom. The second-order valence-corrected chi connectivity index (χ2v) is 9.03. The summed E-state index contributed by atoms with van der Waals surface area (Å²) in [6, 6.07) is 10.0. The summed E-state index contributed by atoms with van der Waals surface area (Å²) in [5.41, 5.74) is 0.180. The lowest BCUT2D eigenvalue weighted by Crippen LogP contribution is -2.43. The van der Waals surface area contributed by atoms with Gasteiger partial charge in [-0.15, -0.1) is 0 Å². The number of para-hydroxylation sites is 1. The number of pyridine rings is 1. The van der Waals surface area contributed by atoms with Crippen LogP contribution in [0.3, 0.4) is 0 Å². The van der Waals surface area contributed by atoms with Gasteiger partial charge in [-0.3, -0.25) is 9.59 Å².